The summed E-state index contributed by atoms with van der Waals surface area (Å²) in [5.41, 5.74) is 0. The third-order valence-electron chi connectivity index (χ3n) is 1.25. The molecule has 3 N–H and O–H groups in total. The molecule has 0 aromatic rings. The maximum absolute atomic E-state index is 10.1. The molecule has 0 aliphatic rings. The number of aliphatic hydroxyl groups excluding tert-OH is 2. The maximum atomic E-state index is 10.1. The Morgan fingerprint density at radius 1 is 1.45 bits per heavy atom. The molecular weight excluding hydrogens is 216 g/mol. The summed E-state index contributed by atoms with van der Waals surface area (Å²) in [5, 5.41) is 26.6. The van der Waals surface area contributed by atoms with Crippen LogP contribution in [0.25, 0.3) is 0 Å². The summed E-state index contributed by atoms with van der Waals surface area (Å²) >= 11 is 3.12. The van der Waals surface area contributed by atoms with Gasteiger partial charge in [0.1, 0.15) is 0 Å². The van der Waals surface area contributed by atoms with E-state index in [9.17, 15) is 4.79 Å². The molecule has 0 aliphatic heterocycles. The lowest BCUT2D eigenvalue weighted by Crippen LogP contribution is -2.33. The number of carbonyl (C=O) groups is 1. The molecule has 0 bridgehead atoms. The number of rotatable bonds is 5. The number of halogens is 1. The number of carboxylic acids is 1. The Bertz CT molecular complexity index is 128. The van der Waals surface area contributed by atoms with Crippen molar-refractivity contribution in [2.45, 2.75) is 25.0 Å². The highest BCUT2D eigenvalue weighted by Gasteiger charge is 2.22. The average molecular weight is 227 g/mol. The minimum Gasteiger partial charge on any atom is -0.479 e. The Kier molecular flexibility index (Phi) is 5.45. The van der Waals surface area contributed by atoms with Gasteiger partial charge >= 0.3 is 5.97 Å². The average Bonchev–Trinajstić information content (AvgIpc) is 1.98. The molecule has 0 aromatic carbocycles. The van der Waals surface area contributed by atoms with Crippen LogP contribution in [0.1, 0.15) is 12.8 Å². The van der Waals surface area contributed by atoms with Crippen LogP contribution in [0.5, 0.6) is 0 Å². The van der Waals surface area contributed by atoms with E-state index in [0.29, 0.717) is 18.2 Å². The molecule has 0 amide bonds. The molecule has 0 aromatic heterocycles. The fourth-order valence-electron chi connectivity index (χ4n) is 0.609. The second kappa shape index (κ2) is 5.51. The number of alkyl halides is 1. The molecule has 0 saturated heterocycles. The number of hydrogen-bond acceptors (Lipinski definition) is 3. The van der Waals surface area contributed by atoms with Crippen molar-refractivity contribution in [3.05, 3.63) is 0 Å². The molecule has 0 radical (unpaired) electrons. The van der Waals surface area contributed by atoms with E-state index in [0.717, 1.165) is 0 Å². The van der Waals surface area contributed by atoms with Gasteiger partial charge in [-0.25, -0.2) is 4.79 Å². The standard InChI is InChI=1S/C6H11BrO4/c7-3-1-2-4(8)5(9)6(10)11/h4-5,8-9H,1-3H2,(H,10,11). The molecule has 0 spiro atoms. The first-order chi connectivity index (χ1) is 5.09. The molecule has 11 heavy (non-hydrogen) atoms. The minimum atomic E-state index is -1.66. The van der Waals surface area contributed by atoms with Gasteiger partial charge in [0, 0.05) is 5.33 Å². The molecule has 2 unspecified atom stereocenters. The molecule has 0 rings (SSSR count). The molecule has 4 nitrogen and oxygen atoms in total. The largest absolute Gasteiger partial charge is 0.479 e. The van der Waals surface area contributed by atoms with Gasteiger partial charge in [0.2, 0.25) is 0 Å². The molecule has 5 heteroatoms. The second-order valence-corrected chi connectivity index (χ2v) is 2.97. The number of hydrogen-bond donors (Lipinski definition) is 3. The van der Waals surface area contributed by atoms with Crippen LogP contribution in [-0.2, 0) is 4.79 Å². The lowest BCUT2D eigenvalue weighted by Gasteiger charge is -2.12. The molecule has 66 valence electrons. The predicted molar refractivity (Wildman–Crippen MR) is 42.7 cm³/mol. The first-order valence-corrected chi connectivity index (χ1v) is 4.36. The number of aliphatic carboxylic acids is 1. The summed E-state index contributed by atoms with van der Waals surface area (Å²) in [7, 11) is 0. The highest BCUT2D eigenvalue weighted by Crippen LogP contribution is 2.04. The Hall–Kier alpha value is -0.130. The van der Waals surface area contributed by atoms with Gasteiger partial charge in [-0.15, -0.1) is 0 Å². The van der Waals surface area contributed by atoms with E-state index in [4.69, 9.17) is 15.3 Å². The fourth-order valence-corrected chi connectivity index (χ4v) is 0.932. The van der Waals surface area contributed by atoms with Crippen LogP contribution in [0.15, 0.2) is 0 Å². The summed E-state index contributed by atoms with van der Waals surface area (Å²) in [6, 6.07) is 0. The molecule has 0 fully saturated rings. The second-order valence-electron chi connectivity index (χ2n) is 2.18. The van der Waals surface area contributed by atoms with Gasteiger partial charge in [0.25, 0.3) is 0 Å². The van der Waals surface area contributed by atoms with Crippen LogP contribution in [0.2, 0.25) is 0 Å². The summed E-state index contributed by atoms with van der Waals surface area (Å²) in [6.45, 7) is 0. The van der Waals surface area contributed by atoms with E-state index in [1.807, 2.05) is 0 Å². The topological polar surface area (TPSA) is 77.8 Å². The monoisotopic (exact) mass is 226 g/mol. The zero-order chi connectivity index (χ0) is 8.85. The maximum Gasteiger partial charge on any atom is 0.335 e. The van der Waals surface area contributed by atoms with Crippen LogP contribution in [0, 0.1) is 0 Å². The molecular formula is C6H11BrO4. The van der Waals surface area contributed by atoms with Crippen molar-refractivity contribution in [1.82, 2.24) is 0 Å². The van der Waals surface area contributed by atoms with Crippen molar-refractivity contribution in [3.8, 4) is 0 Å². The van der Waals surface area contributed by atoms with Crippen LogP contribution in [0.4, 0.5) is 0 Å². The highest BCUT2D eigenvalue weighted by molar-refractivity contribution is 9.09. The van der Waals surface area contributed by atoms with E-state index in [2.05, 4.69) is 15.9 Å². The van der Waals surface area contributed by atoms with E-state index >= 15 is 0 Å². The Morgan fingerprint density at radius 3 is 2.36 bits per heavy atom. The van der Waals surface area contributed by atoms with Crippen molar-refractivity contribution in [3.63, 3.8) is 0 Å². The molecule has 2 atom stereocenters. The van der Waals surface area contributed by atoms with Gasteiger partial charge in [-0.3, -0.25) is 0 Å². The molecule has 0 heterocycles. The van der Waals surface area contributed by atoms with E-state index in [-0.39, 0.29) is 0 Å². The third-order valence-corrected chi connectivity index (χ3v) is 1.81. The fraction of sp³-hybridized carbons (Fsp3) is 0.833. The Morgan fingerprint density at radius 2 is 2.00 bits per heavy atom. The van der Waals surface area contributed by atoms with E-state index < -0.39 is 18.2 Å². The minimum absolute atomic E-state index is 0.290. The quantitative estimate of drug-likeness (QED) is 0.576. The molecule has 0 aliphatic carbocycles. The van der Waals surface area contributed by atoms with Gasteiger partial charge in [-0.1, -0.05) is 15.9 Å². The van der Waals surface area contributed by atoms with Crippen molar-refractivity contribution in [1.29, 1.82) is 0 Å². The van der Waals surface area contributed by atoms with Gasteiger partial charge in [-0.05, 0) is 12.8 Å². The summed E-state index contributed by atoms with van der Waals surface area (Å²) in [6.07, 6.45) is -1.89. The summed E-state index contributed by atoms with van der Waals surface area (Å²) in [5.74, 6) is -1.38. The van der Waals surface area contributed by atoms with E-state index in [1.165, 1.54) is 0 Å². The smallest absolute Gasteiger partial charge is 0.335 e. The van der Waals surface area contributed by atoms with Gasteiger partial charge in [0.05, 0.1) is 6.10 Å². The van der Waals surface area contributed by atoms with Gasteiger partial charge in [0.15, 0.2) is 6.10 Å². The lowest BCUT2D eigenvalue weighted by atomic mass is 10.1. The highest BCUT2D eigenvalue weighted by atomic mass is 79.9. The number of aliphatic hydroxyl groups is 2. The van der Waals surface area contributed by atoms with Crippen LogP contribution < -0.4 is 0 Å². The lowest BCUT2D eigenvalue weighted by molar-refractivity contribution is -0.152. The number of carboxylic acid groups (broad SMARTS) is 1. The summed E-state index contributed by atoms with van der Waals surface area (Å²) < 4.78 is 0. The Balaban J connectivity index is 3.63. The third kappa shape index (κ3) is 4.34. The van der Waals surface area contributed by atoms with Crippen molar-refractivity contribution < 1.29 is 20.1 Å². The van der Waals surface area contributed by atoms with Crippen molar-refractivity contribution >= 4 is 21.9 Å². The SMILES string of the molecule is O=C(O)C(O)C(O)CCCBr. The van der Waals surface area contributed by atoms with Crippen LogP contribution in [-0.4, -0.2) is 38.8 Å². The normalized spacial score (nSPS) is 15.9. The Labute approximate surface area is 73.0 Å². The zero-order valence-electron chi connectivity index (χ0n) is 5.90. The zero-order valence-corrected chi connectivity index (χ0v) is 7.49. The van der Waals surface area contributed by atoms with Crippen molar-refractivity contribution in [2.24, 2.45) is 0 Å². The van der Waals surface area contributed by atoms with Crippen LogP contribution >= 0.6 is 15.9 Å². The summed E-state index contributed by atoms with van der Waals surface area (Å²) in [4.78, 5) is 10.1. The van der Waals surface area contributed by atoms with Gasteiger partial charge < -0.3 is 15.3 Å². The molecule has 0 saturated carbocycles. The predicted octanol–water partition coefficient (Wildman–Crippen LogP) is -0.0321. The van der Waals surface area contributed by atoms with Gasteiger partial charge in [-0.2, -0.15) is 0 Å². The van der Waals surface area contributed by atoms with Crippen molar-refractivity contribution in [2.75, 3.05) is 5.33 Å². The first-order valence-electron chi connectivity index (χ1n) is 3.24. The van der Waals surface area contributed by atoms with Crippen LogP contribution in [0.3, 0.4) is 0 Å². The van der Waals surface area contributed by atoms with E-state index in [1.54, 1.807) is 0 Å². The first kappa shape index (κ1) is 10.9.